The molecular formula is C23H32N4O2. The van der Waals surface area contributed by atoms with E-state index in [0.717, 1.165) is 22.4 Å². The molecule has 156 valence electrons. The van der Waals surface area contributed by atoms with Gasteiger partial charge in [-0.15, -0.1) is 0 Å². The predicted molar refractivity (Wildman–Crippen MR) is 116 cm³/mol. The summed E-state index contributed by atoms with van der Waals surface area (Å²) in [6.07, 6.45) is 6.80. The molecule has 3 rings (SSSR count). The Hall–Kier alpha value is -2.63. The molecule has 1 aromatic rings. The van der Waals surface area contributed by atoms with Crippen molar-refractivity contribution in [2.75, 3.05) is 20.2 Å². The second kappa shape index (κ2) is 8.39. The zero-order chi connectivity index (χ0) is 21.2. The van der Waals surface area contributed by atoms with E-state index in [2.05, 4.69) is 23.5 Å². The smallest absolute Gasteiger partial charge is 0.283 e. The average Bonchev–Trinajstić information content (AvgIpc) is 3.40. The molecule has 2 heterocycles. The standard InChI is InChI=1S/C23H32N4O2/c1-15(20-7-6-10-25-18(20)4)11-16(2)23(14-29-22(24)26-23)17(3)13-27(5)21(28)12-19-8-9-19/h6-7,10-11,17,19H,2,8-9,12-14H2,1,3-5H3,(H2,24,26). The van der Waals surface area contributed by atoms with Gasteiger partial charge in [0.2, 0.25) is 5.91 Å². The number of carbonyl (C=O) groups is 1. The second-order valence-corrected chi connectivity index (χ2v) is 8.47. The number of hydrogen-bond donors (Lipinski definition) is 1. The Balaban J connectivity index is 1.80. The third kappa shape index (κ3) is 4.69. The Kier molecular flexibility index (Phi) is 6.10. The number of nitrogens with zero attached hydrogens (tertiary/aromatic N) is 3. The number of amidine groups is 1. The van der Waals surface area contributed by atoms with Gasteiger partial charge in [0.05, 0.1) is 0 Å². The van der Waals surface area contributed by atoms with Crippen LogP contribution in [-0.4, -0.2) is 47.6 Å². The first kappa shape index (κ1) is 21.1. The summed E-state index contributed by atoms with van der Waals surface area (Å²) in [5.41, 5.74) is 9.13. The van der Waals surface area contributed by atoms with Crippen molar-refractivity contribution in [1.82, 2.24) is 9.88 Å². The van der Waals surface area contributed by atoms with E-state index >= 15 is 0 Å². The van der Waals surface area contributed by atoms with Crippen molar-refractivity contribution in [2.24, 2.45) is 22.6 Å². The van der Waals surface area contributed by atoms with Crippen LogP contribution in [0.4, 0.5) is 0 Å². The molecule has 1 aliphatic carbocycles. The monoisotopic (exact) mass is 396 g/mol. The molecule has 1 aliphatic heterocycles. The van der Waals surface area contributed by atoms with Crippen LogP contribution in [0.2, 0.25) is 0 Å². The van der Waals surface area contributed by atoms with Gasteiger partial charge in [-0.25, -0.2) is 4.99 Å². The van der Waals surface area contributed by atoms with Crippen molar-refractivity contribution in [1.29, 1.82) is 0 Å². The topological polar surface area (TPSA) is 80.8 Å². The number of carbonyl (C=O) groups excluding carboxylic acids is 1. The zero-order valence-electron chi connectivity index (χ0n) is 17.9. The molecular weight excluding hydrogens is 364 g/mol. The van der Waals surface area contributed by atoms with Crippen molar-refractivity contribution in [2.45, 2.75) is 45.6 Å². The van der Waals surface area contributed by atoms with Crippen LogP contribution in [0.5, 0.6) is 0 Å². The number of hydrogen-bond acceptors (Lipinski definition) is 5. The van der Waals surface area contributed by atoms with Gasteiger partial charge in [-0.2, -0.15) is 0 Å². The molecule has 0 saturated heterocycles. The molecule has 2 aliphatic rings. The molecule has 2 atom stereocenters. The number of ether oxygens (including phenoxy) is 1. The molecule has 1 saturated carbocycles. The van der Waals surface area contributed by atoms with Gasteiger partial charge in [-0.1, -0.05) is 25.6 Å². The number of rotatable bonds is 8. The molecule has 2 N–H and O–H groups in total. The molecule has 6 heteroatoms. The first-order chi connectivity index (χ1) is 13.7. The molecule has 6 nitrogen and oxygen atoms in total. The highest BCUT2D eigenvalue weighted by molar-refractivity contribution is 5.77. The van der Waals surface area contributed by atoms with Crippen molar-refractivity contribution in [3.8, 4) is 0 Å². The van der Waals surface area contributed by atoms with Crippen molar-refractivity contribution in [3.63, 3.8) is 0 Å². The highest BCUT2D eigenvalue weighted by atomic mass is 16.5. The van der Waals surface area contributed by atoms with E-state index in [0.29, 0.717) is 25.5 Å². The van der Waals surface area contributed by atoms with Gasteiger partial charge in [0, 0.05) is 37.8 Å². The van der Waals surface area contributed by atoms with E-state index in [1.807, 2.05) is 44.0 Å². The van der Waals surface area contributed by atoms with Gasteiger partial charge in [0.1, 0.15) is 12.1 Å². The molecule has 1 fully saturated rings. The number of aromatic nitrogens is 1. The van der Waals surface area contributed by atoms with Gasteiger partial charge in [-0.3, -0.25) is 9.78 Å². The predicted octanol–water partition coefficient (Wildman–Crippen LogP) is 3.33. The molecule has 2 unspecified atom stereocenters. The van der Waals surface area contributed by atoms with Crippen LogP contribution in [0.25, 0.3) is 5.57 Å². The van der Waals surface area contributed by atoms with Gasteiger partial charge < -0.3 is 15.4 Å². The number of aliphatic imine (C=N–C) groups is 1. The maximum atomic E-state index is 12.5. The maximum absolute atomic E-state index is 12.5. The summed E-state index contributed by atoms with van der Waals surface area (Å²) in [4.78, 5) is 23.3. The summed E-state index contributed by atoms with van der Waals surface area (Å²) in [7, 11) is 1.86. The summed E-state index contributed by atoms with van der Waals surface area (Å²) in [5, 5.41) is 0. The minimum Gasteiger partial charge on any atom is -0.462 e. The van der Waals surface area contributed by atoms with Crippen LogP contribution < -0.4 is 5.73 Å². The summed E-state index contributed by atoms with van der Waals surface area (Å²) < 4.78 is 5.56. The molecule has 0 spiro atoms. The lowest BCUT2D eigenvalue weighted by Gasteiger charge is -2.34. The highest BCUT2D eigenvalue weighted by Gasteiger charge is 2.44. The number of nitrogens with two attached hydrogens (primary N) is 1. The first-order valence-electron chi connectivity index (χ1n) is 10.2. The number of allylic oxidation sites excluding steroid dienone is 1. The van der Waals surface area contributed by atoms with Crippen LogP contribution in [0, 0.1) is 18.8 Å². The minimum atomic E-state index is -0.685. The maximum Gasteiger partial charge on any atom is 0.283 e. The molecule has 1 aromatic heterocycles. The lowest BCUT2D eigenvalue weighted by atomic mass is 9.79. The summed E-state index contributed by atoms with van der Waals surface area (Å²) >= 11 is 0. The van der Waals surface area contributed by atoms with E-state index in [9.17, 15) is 4.79 Å². The third-order valence-corrected chi connectivity index (χ3v) is 6.08. The van der Waals surface area contributed by atoms with Crippen LogP contribution >= 0.6 is 0 Å². The summed E-state index contributed by atoms with van der Waals surface area (Å²) in [6, 6.07) is 4.15. The van der Waals surface area contributed by atoms with Crippen LogP contribution in [-0.2, 0) is 9.53 Å². The van der Waals surface area contributed by atoms with Gasteiger partial charge in [0.15, 0.2) is 0 Å². The Morgan fingerprint density at radius 2 is 2.24 bits per heavy atom. The Morgan fingerprint density at radius 3 is 2.83 bits per heavy atom. The normalized spacial score (nSPS) is 22.6. The quantitative estimate of drug-likeness (QED) is 0.684. The minimum absolute atomic E-state index is 0.00301. The Bertz CT molecular complexity index is 856. The number of aryl methyl sites for hydroxylation is 1. The van der Waals surface area contributed by atoms with Crippen LogP contribution in [0.1, 0.15) is 44.4 Å². The highest BCUT2D eigenvalue weighted by Crippen LogP contribution is 2.37. The fraction of sp³-hybridized carbons (Fsp3) is 0.522. The van der Waals surface area contributed by atoms with Crippen LogP contribution in [0.15, 0.2) is 41.6 Å². The SMILES string of the molecule is C=C(C=C(C)c1cccnc1C)C1(C(C)CN(C)C(=O)CC2CC2)COC(N)=N1. The largest absolute Gasteiger partial charge is 0.462 e. The number of pyridine rings is 1. The number of amides is 1. The third-order valence-electron chi connectivity index (χ3n) is 6.08. The fourth-order valence-electron chi connectivity index (χ4n) is 3.93. The summed E-state index contributed by atoms with van der Waals surface area (Å²) in [6.45, 7) is 11.3. The average molecular weight is 397 g/mol. The molecule has 29 heavy (non-hydrogen) atoms. The van der Waals surface area contributed by atoms with Crippen molar-refractivity contribution < 1.29 is 9.53 Å². The van der Waals surface area contributed by atoms with E-state index in [1.54, 1.807) is 6.20 Å². The van der Waals surface area contributed by atoms with E-state index < -0.39 is 5.54 Å². The molecule has 0 radical (unpaired) electrons. The lowest BCUT2D eigenvalue weighted by Crippen LogP contribution is -2.44. The Morgan fingerprint density at radius 1 is 1.52 bits per heavy atom. The van der Waals surface area contributed by atoms with Gasteiger partial charge in [-0.05, 0) is 55.4 Å². The first-order valence-corrected chi connectivity index (χ1v) is 10.2. The van der Waals surface area contributed by atoms with E-state index in [-0.39, 0.29) is 17.8 Å². The lowest BCUT2D eigenvalue weighted by molar-refractivity contribution is -0.131. The van der Waals surface area contributed by atoms with E-state index in [1.165, 1.54) is 12.8 Å². The molecule has 1 amide bonds. The van der Waals surface area contributed by atoms with Crippen LogP contribution in [0.3, 0.4) is 0 Å². The second-order valence-electron chi connectivity index (χ2n) is 8.47. The van der Waals surface area contributed by atoms with Crippen molar-refractivity contribution >= 4 is 17.5 Å². The Labute approximate surface area is 173 Å². The van der Waals surface area contributed by atoms with Gasteiger partial charge >= 0.3 is 0 Å². The zero-order valence-corrected chi connectivity index (χ0v) is 17.9. The molecule has 0 aromatic carbocycles. The summed E-state index contributed by atoms with van der Waals surface area (Å²) in [5.74, 6) is 0.762. The fourth-order valence-corrected chi connectivity index (χ4v) is 3.93. The molecule has 0 bridgehead atoms. The van der Waals surface area contributed by atoms with E-state index in [4.69, 9.17) is 10.5 Å². The van der Waals surface area contributed by atoms with Crippen molar-refractivity contribution in [3.05, 3.63) is 47.8 Å². The van der Waals surface area contributed by atoms with Gasteiger partial charge in [0.25, 0.3) is 6.02 Å².